The first kappa shape index (κ1) is 18.3. The molecule has 0 saturated carbocycles. The number of imidazole rings is 1. The summed E-state index contributed by atoms with van der Waals surface area (Å²) >= 11 is 0. The predicted molar refractivity (Wildman–Crippen MR) is 116 cm³/mol. The Balaban J connectivity index is 1.63. The molecule has 0 saturated heterocycles. The van der Waals surface area contributed by atoms with Gasteiger partial charge in [-0.3, -0.25) is 4.79 Å². The van der Waals surface area contributed by atoms with E-state index in [-0.39, 0.29) is 11.7 Å². The molecule has 0 unspecified atom stereocenters. The number of amides is 1. The fourth-order valence-corrected chi connectivity index (χ4v) is 2.95. The van der Waals surface area contributed by atoms with Gasteiger partial charge in [-0.1, -0.05) is 18.2 Å². The average molecular weight is 387 g/mol. The molecular formula is C21H21N7O. The van der Waals surface area contributed by atoms with E-state index in [1.165, 1.54) is 10.7 Å². The maximum absolute atomic E-state index is 12.8. The molecule has 29 heavy (non-hydrogen) atoms. The Hall–Kier alpha value is -4.07. The highest BCUT2D eigenvalue weighted by molar-refractivity contribution is 6.03. The highest BCUT2D eigenvalue weighted by Crippen LogP contribution is 2.24. The summed E-state index contributed by atoms with van der Waals surface area (Å²) in [6, 6.07) is 18.9. The van der Waals surface area contributed by atoms with Crippen molar-refractivity contribution < 1.29 is 4.79 Å². The molecule has 4 rings (SSSR count). The lowest BCUT2D eigenvalue weighted by Gasteiger charge is -2.13. The van der Waals surface area contributed by atoms with Crippen molar-refractivity contribution in [1.29, 1.82) is 0 Å². The number of carbonyl (C=O) groups is 1. The first-order valence-corrected chi connectivity index (χ1v) is 9.06. The Morgan fingerprint density at radius 3 is 2.45 bits per heavy atom. The lowest BCUT2D eigenvalue weighted by molar-refractivity contribution is 0.102. The standard InChI is InChI=1S/C21H21N7O/c1-27(2)16-10-8-15(9-11-16)25-21(29)18-13-23-20-17(12-19(22)26-28(18)20)24-14-6-4-3-5-7-14/h3-13,24H,1-2H3,(H2,22,26)(H,25,29). The van der Waals surface area contributed by atoms with Gasteiger partial charge in [-0.2, -0.15) is 0 Å². The van der Waals surface area contributed by atoms with Gasteiger partial charge in [-0.15, -0.1) is 5.10 Å². The Labute approximate surface area is 168 Å². The number of carbonyl (C=O) groups excluding carboxylic acids is 1. The number of benzene rings is 2. The Morgan fingerprint density at radius 2 is 1.76 bits per heavy atom. The number of para-hydroxylation sites is 1. The molecule has 0 atom stereocenters. The normalized spacial score (nSPS) is 10.7. The van der Waals surface area contributed by atoms with E-state index in [1.807, 2.05) is 73.6 Å². The van der Waals surface area contributed by atoms with E-state index in [1.54, 1.807) is 6.07 Å². The zero-order valence-corrected chi connectivity index (χ0v) is 16.1. The molecule has 2 heterocycles. The maximum Gasteiger partial charge on any atom is 0.276 e. The van der Waals surface area contributed by atoms with Crippen LogP contribution in [0.4, 0.5) is 28.6 Å². The summed E-state index contributed by atoms with van der Waals surface area (Å²) < 4.78 is 1.45. The van der Waals surface area contributed by atoms with E-state index >= 15 is 0 Å². The van der Waals surface area contributed by atoms with Gasteiger partial charge in [0.2, 0.25) is 0 Å². The summed E-state index contributed by atoms with van der Waals surface area (Å²) in [6.07, 6.45) is 1.49. The first-order valence-electron chi connectivity index (χ1n) is 9.06. The molecule has 8 nitrogen and oxygen atoms in total. The molecule has 2 aromatic heterocycles. The maximum atomic E-state index is 12.8. The number of fused-ring (bicyclic) bond motifs is 1. The minimum Gasteiger partial charge on any atom is -0.382 e. The van der Waals surface area contributed by atoms with Gasteiger partial charge < -0.3 is 21.3 Å². The lowest BCUT2D eigenvalue weighted by atomic mass is 10.2. The van der Waals surface area contributed by atoms with Crippen LogP contribution >= 0.6 is 0 Å². The number of anilines is 5. The smallest absolute Gasteiger partial charge is 0.276 e. The highest BCUT2D eigenvalue weighted by atomic mass is 16.2. The first-order chi connectivity index (χ1) is 14.0. The minimum atomic E-state index is -0.320. The van der Waals surface area contributed by atoms with E-state index in [4.69, 9.17) is 5.73 Å². The second-order valence-electron chi connectivity index (χ2n) is 6.75. The molecule has 0 aliphatic rings. The molecule has 0 spiro atoms. The van der Waals surface area contributed by atoms with Crippen LogP contribution in [0, 0.1) is 0 Å². The predicted octanol–water partition coefficient (Wildman–Crippen LogP) is 3.37. The molecule has 2 aromatic carbocycles. The Bertz CT molecular complexity index is 1150. The third kappa shape index (κ3) is 3.81. The molecular weight excluding hydrogens is 366 g/mol. The van der Waals surface area contributed by atoms with Gasteiger partial charge in [0.05, 0.1) is 11.9 Å². The van der Waals surface area contributed by atoms with E-state index in [0.29, 0.717) is 22.7 Å². The van der Waals surface area contributed by atoms with Gasteiger partial charge in [0.1, 0.15) is 5.82 Å². The quantitative estimate of drug-likeness (QED) is 0.485. The molecule has 1 amide bonds. The van der Waals surface area contributed by atoms with Crippen molar-refractivity contribution in [3.8, 4) is 0 Å². The number of rotatable bonds is 5. The molecule has 4 N–H and O–H groups in total. The van der Waals surface area contributed by atoms with Crippen LogP contribution in [0.1, 0.15) is 10.5 Å². The number of hydrogen-bond acceptors (Lipinski definition) is 6. The zero-order valence-electron chi connectivity index (χ0n) is 16.1. The molecule has 0 fully saturated rings. The summed E-state index contributed by atoms with van der Waals surface area (Å²) in [5.41, 5.74) is 10.0. The van der Waals surface area contributed by atoms with E-state index in [9.17, 15) is 4.79 Å². The Kier molecular flexibility index (Phi) is 4.74. The van der Waals surface area contributed by atoms with Crippen LogP contribution in [0.5, 0.6) is 0 Å². The summed E-state index contributed by atoms with van der Waals surface area (Å²) in [7, 11) is 3.92. The van der Waals surface area contributed by atoms with Gasteiger partial charge >= 0.3 is 0 Å². The van der Waals surface area contributed by atoms with E-state index in [2.05, 4.69) is 20.7 Å². The van der Waals surface area contributed by atoms with Crippen molar-refractivity contribution in [3.63, 3.8) is 0 Å². The summed E-state index contributed by atoms with van der Waals surface area (Å²) in [6.45, 7) is 0. The second-order valence-corrected chi connectivity index (χ2v) is 6.75. The van der Waals surface area contributed by atoms with Crippen molar-refractivity contribution in [2.75, 3.05) is 35.4 Å². The molecule has 8 heteroatoms. The van der Waals surface area contributed by atoms with Gasteiger partial charge in [-0.05, 0) is 36.4 Å². The molecule has 0 bridgehead atoms. The van der Waals surface area contributed by atoms with Crippen LogP contribution < -0.4 is 21.3 Å². The van der Waals surface area contributed by atoms with Crippen molar-refractivity contribution in [2.24, 2.45) is 0 Å². The Morgan fingerprint density at radius 1 is 1.03 bits per heavy atom. The minimum absolute atomic E-state index is 0.276. The topological polar surface area (TPSA) is 101 Å². The number of nitrogens with zero attached hydrogens (tertiary/aromatic N) is 4. The molecule has 4 aromatic rings. The van der Waals surface area contributed by atoms with Crippen LogP contribution in [0.15, 0.2) is 66.9 Å². The largest absolute Gasteiger partial charge is 0.382 e. The number of nitrogens with one attached hydrogen (secondary N) is 2. The van der Waals surface area contributed by atoms with Gasteiger partial charge in [-0.25, -0.2) is 9.50 Å². The third-order valence-corrected chi connectivity index (χ3v) is 4.41. The number of nitrogen functional groups attached to an aromatic ring is 1. The van der Waals surface area contributed by atoms with Crippen LogP contribution in [0.2, 0.25) is 0 Å². The van der Waals surface area contributed by atoms with E-state index < -0.39 is 0 Å². The SMILES string of the molecule is CN(C)c1ccc(NC(=O)c2cnc3c(Nc4ccccc4)cc(N)nn23)cc1. The summed E-state index contributed by atoms with van der Waals surface area (Å²) in [5.74, 6) is -0.0443. The van der Waals surface area contributed by atoms with Crippen molar-refractivity contribution >= 4 is 40.1 Å². The average Bonchev–Trinajstić information content (AvgIpc) is 3.13. The van der Waals surface area contributed by atoms with Crippen molar-refractivity contribution in [3.05, 3.63) is 72.6 Å². The fourth-order valence-electron chi connectivity index (χ4n) is 2.95. The van der Waals surface area contributed by atoms with Gasteiger partial charge in [0, 0.05) is 37.2 Å². The van der Waals surface area contributed by atoms with Crippen LogP contribution in [-0.4, -0.2) is 34.6 Å². The number of aromatic nitrogens is 3. The fraction of sp³-hybridized carbons (Fsp3) is 0.0952. The third-order valence-electron chi connectivity index (χ3n) is 4.41. The molecule has 0 aliphatic heterocycles. The molecule has 0 aliphatic carbocycles. The van der Waals surface area contributed by atoms with E-state index in [0.717, 1.165) is 11.4 Å². The van der Waals surface area contributed by atoms with Crippen molar-refractivity contribution in [1.82, 2.24) is 14.6 Å². The monoisotopic (exact) mass is 387 g/mol. The van der Waals surface area contributed by atoms with Gasteiger partial charge in [0.25, 0.3) is 5.91 Å². The van der Waals surface area contributed by atoms with Crippen molar-refractivity contribution in [2.45, 2.75) is 0 Å². The molecule has 146 valence electrons. The van der Waals surface area contributed by atoms with Gasteiger partial charge in [0.15, 0.2) is 11.3 Å². The second kappa shape index (κ2) is 7.51. The van der Waals surface area contributed by atoms with Crippen LogP contribution in [-0.2, 0) is 0 Å². The number of hydrogen-bond donors (Lipinski definition) is 3. The van der Waals surface area contributed by atoms with Crippen LogP contribution in [0.25, 0.3) is 5.65 Å². The molecule has 0 radical (unpaired) electrons. The number of nitrogens with two attached hydrogens (primary N) is 1. The summed E-state index contributed by atoms with van der Waals surface area (Å²) in [5, 5.41) is 10.4. The zero-order chi connectivity index (χ0) is 20.4. The lowest BCUT2D eigenvalue weighted by Crippen LogP contribution is -2.16. The summed E-state index contributed by atoms with van der Waals surface area (Å²) in [4.78, 5) is 19.2. The van der Waals surface area contributed by atoms with Crippen LogP contribution in [0.3, 0.4) is 0 Å². The highest BCUT2D eigenvalue weighted by Gasteiger charge is 2.17.